The van der Waals surface area contributed by atoms with Gasteiger partial charge in [-0.05, 0) is 55.3 Å². The summed E-state index contributed by atoms with van der Waals surface area (Å²) in [6.45, 7) is 0.212. The normalized spacial score (nSPS) is 17.3. The summed E-state index contributed by atoms with van der Waals surface area (Å²) in [6.07, 6.45) is 1.14. The van der Waals surface area contributed by atoms with E-state index in [0.29, 0.717) is 34.6 Å². The number of hydrogen-bond acceptors (Lipinski definition) is 6. The minimum absolute atomic E-state index is 0.0335. The molecule has 1 aromatic heterocycles. The van der Waals surface area contributed by atoms with Crippen molar-refractivity contribution in [2.24, 2.45) is 0 Å². The Morgan fingerprint density at radius 2 is 1.91 bits per heavy atom. The van der Waals surface area contributed by atoms with Crippen molar-refractivity contribution in [3.8, 4) is 0 Å². The van der Waals surface area contributed by atoms with Crippen LogP contribution >= 0.6 is 22.9 Å². The second-order valence-electron chi connectivity index (χ2n) is 7.18. The van der Waals surface area contributed by atoms with Gasteiger partial charge in [-0.15, -0.1) is 10.2 Å². The van der Waals surface area contributed by atoms with Gasteiger partial charge < -0.3 is 5.32 Å². The van der Waals surface area contributed by atoms with Gasteiger partial charge in [0.25, 0.3) is 5.91 Å². The van der Waals surface area contributed by atoms with Crippen molar-refractivity contribution in [3.05, 3.63) is 69.1 Å². The van der Waals surface area contributed by atoms with Gasteiger partial charge in [0.1, 0.15) is 21.5 Å². The van der Waals surface area contributed by atoms with Crippen LogP contribution in [-0.2, 0) is 10.0 Å². The summed E-state index contributed by atoms with van der Waals surface area (Å²) < 4.78 is 54.5. The van der Waals surface area contributed by atoms with E-state index in [2.05, 4.69) is 15.5 Å². The van der Waals surface area contributed by atoms with Crippen molar-refractivity contribution < 1.29 is 22.0 Å². The lowest BCUT2D eigenvalue weighted by Crippen LogP contribution is -2.39. The zero-order valence-electron chi connectivity index (χ0n) is 16.5. The number of hydrogen-bond donors (Lipinski definition) is 1. The molecule has 0 spiro atoms. The third-order valence-electron chi connectivity index (χ3n) is 4.98. The summed E-state index contributed by atoms with van der Waals surface area (Å²) in [4.78, 5) is 11.8. The molecular formula is C20H17ClF2N4O3S2. The number of rotatable bonds is 5. The molecule has 0 saturated carbocycles. The average molecular weight is 499 g/mol. The summed E-state index contributed by atoms with van der Waals surface area (Å²) in [5.41, 5.74) is 0.545. The van der Waals surface area contributed by atoms with Crippen molar-refractivity contribution in [1.29, 1.82) is 0 Å². The molecule has 1 amide bonds. The molecule has 3 aromatic rings. The molecule has 0 unspecified atom stereocenters. The van der Waals surface area contributed by atoms with Crippen molar-refractivity contribution in [3.63, 3.8) is 0 Å². The van der Waals surface area contributed by atoms with E-state index in [1.54, 1.807) is 24.3 Å². The highest BCUT2D eigenvalue weighted by atomic mass is 35.5. The number of carbonyl (C=O) groups excluding carboxylic acids is 1. The number of sulfonamides is 1. The first kappa shape index (κ1) is 22.7. The lowest BCUT2D eigenvalue weighted by molar-refractivity contribution is 0.102. The summed E-state index contributed by atoms with van der Waals surface area (Å²) in [6, 6.07) is 8.92. The number of carbonyl (C=O) groups is 1. The quantitative estimate of drug-likeness (QED) is 0.566. The molecule has 1 atom stereocenters. The molecule has 0 aliphatic carbocycles. The maximum absolute atomic E-state index is 14.1. The van der Waals surface area contributed by atoms with Gasteiger partial charge >= 0.3 is 0 Å². The third kappa shape index (κ3) is 4.80. The van der Waals surface area contributed by atoms with E-state index < -0.39 is 32.5 Å². The van der Waals surface area contributed by atoms with E-state index in [1.165, 1.54) is 0 Å². The zero-order valence-corrected chi connectivity index (χ0v) is 18.9. The summed E-state index contributed by atoms with van der Waals surface area (Å²) in [5, 5.41) is 11.9. The molecule has 1 saturated heterocycles. The van der Waals surface area contributed by atoms with Crippen LogP contribution in [0.3, 0.4) is 0 Å². The fourth-order valence-electron chi connectivity index (χ4n) is 3.39. The Morgan fingerprint density at radius 3 is 2.66 bits per heavy atom. The fourth-order valence-corrected chi connectivity index (χ4v) is 5.98. The van der Waals surface area contributed by atoms with Gasteiger partial charge in [0.05, 0.1) is 0 Å². The van der Waals surface area contributed by atoms with Crippen LogP contribution in [0.4, 0.5) is 14.5 Å². The van der Waals surface area contributed by atoms with Crippen molar-refractivity contribution >= 4 is 44.6 Å². The average Bonchev–Trinajstić information content (AvgIpc) is 3.28. The molecular weight excluding hydrogens is 482 g/mol. The highest BCUT2D eigenvalue weighted by Gasteiger charge is 2.34. The number of benzene rings is 2. The van der Waals surface area contributed by atoms with E-state index >= 15 is 0 Å². The van der Waals surface area contributed by atoms with Gasteiger partial charge in [-0.2, -0.15) is 4.31 Å². The van der Waals surface area contributed by atoms with Crippen LogP contribution in [0.15, 0.2) is 47.4 Å². The fraction of sp³-hybridized carbons (Fsp3) is 0.250. The molecule has 1 aliphatic heterocycles. The first-order valence-corrected chi connectivity index (χ1v) is 12.2. The number of aromatic nitrogens is 2. The largest absolute Gasteiger partial charge is 0.320 e. The monoisotopic (exact) mass is 498 g/mol. The number of halogens is 3. The molecule has 1 aliphatic rings. The summed E-state index contributed by atoms with van der Waals surface area (Å²) >= 11 is 6.90. The molecule has 2 heterocycles. The highest BCUT2D eigenvalue weighted by molar-refractivity contribution is 7.89. The summed E-state index contributed by atoms with van der Waals surface area (Å²) in [7, 11) is -4.23. The number of anilines is 1. The predicted octanol–water partition coefficient (Wildman–Crippen LogP) is 4.29. The van der Waals surface area contributed by atoms with Gasteiger partial charge in [0.15, 0.2) is 0 Å². The molecule has 32 heavy (non-hydrogen) atoms. The minimum atomic E-state index is -4.23. The maximum Gasteiger partial charge on any atom is 0.286 e. The Bertz CT molecular complexity index is 1250. The number of piperidine rings is 1. The Labute approximate surface area is 192 Å². The van der Waals surface area contributed by atoms with Crippen LogP contribution in [0.5, 0.6) is 0 Å². The lowest BCUT2D eigenvalue weighted by Gasteiger charge is -2.30. The molecule has 1 N–H and O–H groups in total. The smallest absolute Gasteiger partial charge is 0.286 e. The molecule has 0 bridgehead atoms. The van der Waals surface area contributed by atoms with Crippen molar-refractivity contribution in [2.75, 3.05) is 18.4 Å². The Kier molecular flexibility index (Phi) is 6.52. The SMILES string of the molecule is O=C(Nc1ccc(Cl)cc1)c1nnc([C@H]2CCCN(S(=O)(=O)c3cc(F)ccc3F)C2)s1. The number of nitrogens with zero attached hydrogens (tertiary/aromatic N) is 3. The Morgan fingerprint density at radius 1 is 1.16 bits per heavy atom. The van der Waals surface area contributed by atoms with E-state index in [-0.39, 0.29) is 24.0 Å². The maximum atomic E-state index is 14.1. The molecule has 4 rings (SSSR count). The second kappa shape index (κ2) is 9.18. The first-order valence-electron chi connectivity index (χ1n) is 9.59. The van der Waals surface area contributed by atoms with E-state index in [0.717, 1.165) is 27.8 Å². The van der Waals surface area contributed by atoms with E-state index in [1.807, 2.05) is 0 Å². The molecule has 12 heteroatoms. The van der Waals surface area contributed by atoms with E-state index in [9.17, 15) is 22.0 Å². The second-order valence-corrected chi connectivity index (χ2v) is 10.5. The minimum Gasteiger partial charge on any atom is -0.320 e. The van der Waals surface area contributed by atoms with Gasteiger partial charge in [0.2, 0.25) is 15.0 Å². The Hall–Kier alpha value is -2.47. The Balaban J connectivity index is 1.49. The topological polar surface area (TPSA) is 92.3 Å². The number of amides is 1. The zero-order chi connectivity index (χ0) is 22.9. The molecule has 2 aromatic carbocycles. The molecule has 1 fully saturated rings. The molecule has 7 nitrogen and oxygen atoms in total. The lowest BCUT2D eigenvalue weighted by atomic mass is 10.0. The van der Waals surface area contributed by atoms with Crippen LogP contribution in [0.1, 0.15) is 33.6 Å². The van der Waals surface area contributed by atoms with Gasteiger partial charge in [0, 0.05) is 29.7 Å². The highest BCUT2D eigenvalue weighted by Crippen LogP contribution is 2.32. The van der Waals surface area contributed by atoms with Gasteiger partial charge in [-0.1, -0.05) is 22.9 Å². The standard InChI is InChI=1S/C20H17ClF2N4O3S2/c21-13-3-6-15(7-4-13)24-18(28)20-26-25-19(31-20)12-2-1-9-27(11-12)32(29,30)17-10-14(22)5-8-16(17)23/h3-8,10,12H,1-2,9,11H2,(H,24,28)/t12-/m0/s1. The van der Waals surface area contributed by atoms with E-state index in [4.69, 9.17) is 11.6 Å². The van der Waals surface area contributed by atoms with Crippen LogP contribution < -0.4 is 5.32 Å². The first-order chi connectivity index (χ1) is 15.2. The van der Waals surface area contributed by atoms with Crippen LogP contribution in [0, 0.1) is 11.6 Å². The third-order valence-corrected chi connectivity index (χ3v) is 8.20. The van der Waals surface area contributed by atoms with Gasteiger partial charge in [-0.25, -0.2) is 17.2 Å². The van der Waals surface area contributed by atoms with Crippen LogP contribution in [0.25, 0.3) is 0 Å². The van der Waals surface area contributed by atoms with Crippen molar-refractivity contribution in [1.82, 2.24) is 14.5 Å². The molecule has 168 valence electrons. The molecule has 0 radical (unpaired) electrons. The predicted molar refractivity (Wildman–Crippen MR) is 116 cm³/mol. The number of nitrogens with one attached hydrogen (secondary N) is 1. The van der Waals surface area contributed by atoms with Gasteiger partial charge in [-0.3, -0.25) is 4.79 Å². The van der Waals surface area contributed by atoms with Crippen LogP contribution in [-0.4, -0.2) is 41.9 Å². The van der Waals surface area contributed by atoms with Crippen LogP contribution in [0.2, 0.25) is 5.02 Å². The summed E-state index contributed by atoms with van der Waals surface area (Å²) in [5.74, 6) is -2.60. The van der Waals surface area contributed by atoms with Crippen molar-refractivity contribution in [2.45, 2.75) is 23.7 Å².